The predicted octanol–water partition coefficient (Wildman–Crippen LogP) is 2.07. The van der Waals surface area contributed by atoms with Crippen LogP contribution in [0.3, 0.4) is 0 Å². The van der Waals surface area contributed by atoms with Crippen molar-refractivity contribution in [3.8, 4) is 16.9 Å². The van der Waals surface area contributed by atoms with Crippen molar-refractivity contribution in [1.29, 1.82) is 0 Å². The van der Waals surface area contributed by atoms with Gasteiger partial charge in [0, 0.05) is 18.0 Å². The summed E-state index contributed by atoms with van der Waals surface area (Å²) in [6, 6.07) is 5.39. The molecule has 0 bridgehead atoms. The summed E-state index contributed by atoms with van der Waals surface area (Å²) in [5.74, 6) is -0.0917. The molecule has 0 spiro atoms. The van der Waals surface area contributed by atoms with E-state index in [1.807, 2.05) is 12.1 Å². The minimum Gasteiger partial charge on any atom is -0.479 e. The second-order valence-corrected chi connectivity index (χ2v) is 5.43. The van der Waals surface area contributed by atoms with Crippen LogP contribution >= 0.6 is 11.6 Å². The van der Waals surface area contributed by atoms with Crippen molar-refractivity contribution in [2.45, 2.75) is 13.0 Å². The third-order valence-corrected chi connectivity index (χ3v) is 3.86. The molecule has 0 fully saturated rings. The maximum absolute atomic E-state index is 12.1. The van der Waals surface area contributed by atoms with Crippen LogP contribution in [0.15, 0.2) is 36.9 Å². The molecule has 2 heterocycles. The van der Waals surface area contributed by atoms with Gasteiger partial charge in [0.2, 0.25) is 5.91 Å². The Kier molecular flexibility index (Phi) is 4.25. The van der Waals surface area contributed by atoms with E-state index in [2.05, 4.69) is 9.97 Å². The lowest BCUT2D eigenvalue weighted by Crippen LogP contribution is -2.47. The molecular formula is C16H14ClN3O3. The highest BCUT2D eigenvalue weighted by Crippen LogP contribution is 2.37. The van der Waals surface area contributed by atoms with E-state index in [4.69, 9.17) is 16.3 Å². The molecule has 0 saturated heterocycles. The quantitative estimate of drug-likeness (QED) is 0.805. The van der Waals surface area contributed by atoms with E-state index in [-0.39, 0.29) is 24.1 Å². The van der Waals surface area contributed by atoms with Crippen LogP contribution in [0.1, 0.15) is 6.92 Å². The van der Waals surface area contributed by atoms with Crippen molar-refractivity contribution in [3.63, 3.8) is 0 Å². The molecular weight excluding hydrogens is 318 g/mol. The largest absolute Gasteiger partial charge is 0.479 e. The van der Waals surface area contributed by atoms with Crippen molar-refractivity contribution in [2.24, 2.45) is 0 Å². The second-order valence-electron chi connectivity index (χ2n) is 5.16. The number of ketones is 1. The Labute approximate surface area is 138 Å². The summed E-state index contributed by atoms with van der Waals surface area (Å²) in [5, 5.41) is 0. The number of rotatable bonds is 3. The van der Waals surface area contributed by atoms with Gasteiger partial charge in [-0.1, -0.05) is 6.07 Å². The summed E-state index contributed by atoms with van der Waals surface area (Å²) < 4.78 is 5.69. The fourth-order valence-corrected chi connectivity index (χ4v) is 2.57. The molecule has 1 aliphatic rings. The number of Topliss-reactive ketones (excluding diaryl/α,β-unsaturated/α-hetero) is 1. The number of hydrogen-bond acceptors (Lipinski definition) is 5. The summed E-state index contributed by atoms with van der Waals surface area (Å²) in [5.41, 5.74) is 2.26. The number of fused-ring (bicyclic) bond motifs is 1. The van der Waals surface area contributed by atoms with E-state index in [1.165, 1.54) is 18.2 Å². The second kappa shape index (κ2) is 6.34. The molecule has 3 rings (SSSR count). The number of ether oxygens (including phenoxy) is 1. The lowest BCUT2D eigenvalue weighted by Gasteiger charge is -2.33. The highest BCUT2D eigenvalue weighted by Gasteiger charge is 2.32. The van der Waals surface area contributed by atoms with Gasteiger partial charge < -0.3 is 9.64 Å². The Hall–Kier alpha value is -2.47. The first-order valence-corrected chi connectivity index (χ1v) is 7.56. The number of anilines is 1. The maximum atomic E-state index is 12.1. The fourth-order valence-electron chi connectivity index (χ4n) is 2.43. The van der Waals surface area contributed by atoms with E-state index in [0.717, 1.165) is 11.1 Å². The Bertz CT molecular complexity index is 751. The highest BCUT2D eigenvalue weighted by molar-refractivity contribution is 6.29. The molecule has 0 N–H and O–H groups in total. The number of halogens is 1. The van der Waals surface area contributed by atoms with Crippen LogP contribution in [0.2, 0.25) is 0 Å². The molecule has 7 heteroatoms. The topological polar surface area (TPSA) is 72.4 Å². The van der Waals surface area contributed by atoms with E-state index in [9.17, 15) is 9.59 Å². The van der Waals surface area contributed by atoms with Gasteiger partial charge in [-0.05, 0) is 24.6 Å². The standard InChI is InChI=1S/C16H14ClN3O3/c1-10(21)15-8-20(16(22)5-17)13-4-11(2-3-14(13)23-15)12-6-18-9-19-7-12/h2-4,6-7,9,15H,5,8H2,1H3. The summed E-state index contributed by atoms with van der Waals surface area (Å²) in [4.78, 5) is 33.3. The smallest absolute Gasteiger partial charge is 0.242 e. The number of carbonyl (C=O) groups is 2. The van der Waals surface area contributed by atoms with Gasteiger partial charge in [-0.15, -0.1) is 11.6 Å². The summed E-state index contributed by atoms with van der Waals surface area (Å²) in [7, 11) is 0. The Balaban J connectivity index is 2.05. The molecule has 1 aromatic carbocycles. The molecule has 0 saturated carbocycles. The monoisotopic (exact) mass is 331 g/mol. The SMILES string of the molecule is CC(=O)C1CN(C(=O)CCl)c2cc(-c3cncnc3)ccc2O1. The van der Waals surface area contributed by atoms with Gasteiger partial charge in [-0.3, -0.25) is 9.59 Å². The van der Waals surface area contributed by atoms with Crippen LogP contribution in [-0.4, -0.2) is 40.2 Å². The molecule has 118 valence electrons. The molecule has 0 aliphatic carbocycles. The van der Waals surface area contributed by atoms with Gasteiger partial charge in [-0.2, -0.15) is 0 Å². The minimum absolute atomic E-state index is 0.136. The molecule has 1 unspecified atom stereocenters. The van der Waals surface area contributed by atoms with Crippen molar-refractivity contribution < 1.29 is 14.3 Å². The molecule has 6 nitrogen and oxygen atoms in total. The zero-order valence-electron chi connectivity index (χ0n) is 12.4. The van der Waals surface area contributed by atoms with Gasteiger partial charge in [0.25, 0.3) is 0 Å². The minimum atomic E-state index is -0.680. The van der Waals surface area contributed by atoms with Crippen LogP contribution in [0.5, 0.6) is 5.75 Å². The zero-order chi connectivity index (χ0) is 16.4. The van der Waals surface area contributed by atoms with E-state index in [1.54, 1.807) is 18.5 Å². The van der Waals surface area contributed by atoms with Crippen LogP contribution in [0.25, 0.3) is 11.1 Å². The average molecular weight is 332 g/mol. The van der Waals surface area contributed by atoms with E-state index >= 15 is 0 Å². The third kappa shape index (κ3) is 3.03. The van der Waals surface area contributed by atoms with Crippen molar-refractivity contribution in [1.82, 2.24) is 9.97 Å². The van der Waals surface area contributed by atoms with Crippen LogP contribution in [0.4, 0.5) is 5.69 Å². The first-order valence-electron chi connectivity index (χ1n) is 7.03. The van der Waals surface area contributed by atoms with Crippen molar-refractivity contribution in [2.75, 3.05) is 17.3 Å². The number of benzene rings is 1. The van der Waals surface area contributed by atoms with Gasteiger partial charge in [0.15, 0.2) is 11.9 Å². The number of alkyl halides is 1. The molecule has 23 heavy (non-hydrogen) atoms. The van der Waals surface area contributed by atoms with Gasteiger partial charge in [-0.25, -0.2) is 9.97 Å². The van der Waals surface area contributed by atoms with Gasteiger partial charge in [0.1, 0.15) is 18.0 Å². The maximum Gasteiger partial charge on any atom is 0.242 e. The average Bonchev–Trinajstić information content (AvgIpc) is 2.60. The Morgan fingerprint density at radius 1 is 1.30 bits per heavy atom. The lowest BCUT2D eigenvalue weighted by atomic mass is 10.1. The number of nitrogens with zero attached hydrogens (tertiary/aromatic N) is 3. The molecule has 1 aromatic heterocycles. The third-order valence-electron chi connectivity index (χ3n) is 3.63. The molecule has 1 amide bonds. The number of hydrogen-bond donors (Lipinski definition) is 0. The fraction of sp³-hybridized carbons (Fsp3) is 0.250. The number of carbonyl (C=O) groups excluding carboxylic acids is 2. The van der Waals surface area contributed by atoms with E-state index < -0.39 is 6.10 Å². The summed E-state index contributed by atoms with van der Waals surface area (Å²) in [6.07, 6.45) is 4.14. The van der Waals surface area contributed by atoms with Crippen LogP contribution in [-0.2, 0) is 9.59 Å². The molecule has 1 atom stereocenters. The number of amides is 1. The predicted molar refractivity (Wildman–Crippen MR) is 85.6 cm³/mol. The van der Waals surface area contributed by atoms with Crippen molar-refractivity contribution in [3.05, 3.63) is 36.9 Å². The highest BCUT2D eigenvalue weighted by atomic mass is 35.5. The van der Waals surface area contributed by atoms with Crippen molar-refractivity contribution >= 4 is 29.0 Å². The Morgan fingerprint density at radius 3 is 2.70 bits per heavy atom. The lowest BCUT2D eigenvalue weighted by molar-refractivity contribution is -0.124. The first-order chi connectivity index (χ1) is 11.1. The number of aromatic nitrogens is 2. The molecule has 1 aliphatic heterocycles. The molecule has 2 aromatic rings. The normalized spacial score (nSPS) is 16.4. The summed E-state index contributed by atoms with van der Waals surface area (Å²) >= 11 is 5.70. The van der Waals surface area contributed by atoms with Gasteiger partial charge >= 0.3 is 0 Å². The van der Waals surface area contributed by atoms with Gasteiger partial charge in [0.05, 0.1) is 12.2 Å². The summed E-state index contributed by atoms with van der Waals surface area (Å²) in [6.45, 7) is 1.59. The molecule has 0 radical (unpaired) electrons. The Morgan fingerprint density at radius 2 is 2.04 bits per heavy atom. The first kappa shape index (κ1) is 15.4. The van der Waals surface area contributed by atoms with E-state index in [0.29, 0.717) is 11.4 Å². The van der Waals surface area contributed by atoms with Crippen LogP contribution < -0.4 is 9.64 Å². The van der Waals surface area contributed by atoms with Crippen LogP contribution in [0, 0.1) is 0 Å². The zero-order valence-corrected chi connectivity index (χ0v) is 13.2.